The minimum absolute atomic E-state index is 0.127. The lowest BCUT2D eigenvalue weighted by Crippen LogP contribution is -2.36. The second-order valence-corrected chi connectivity index (χ2v) is 7.50. The summed E-state index contributed by atoms with van der Waals surface area (Å²) < 4.78 is 17.5. The lowest BCUT2D eigenvalue weighted by Gasteiger charge is -2.31. The summed E-state index contributed by atoms with van der Waals surface area (Å²) in [6, 6.07) is 0. The van der Waals surface area contributed by atoms with E-state index in [-0.39, 0.29) is 11.7 Å². The lowest BCUT2D eigenvalue weighted by atomic mass is 10.1. The van der Waals surface area contributed by atoms with Crippen LogP contribution in [0.4, 0.5) is 0 Å². The third kappa shape index (κ3) is 4.14. The predicted molar refractivity (Wildman–Crippen MR) is 58.9 cm³/mol. The van der Waals surface area contributed by atoms with Gasteiger partial charge in [0.05, 0.1) is 11.7 Å². The molecule has 0 N–H and O–H groups in total. The van der Waals surface area contributed by atoms with Crippen LogP contribution >= 0.6 is 0 Å². The lowest BCUT2D eigenvalue weighted by molar-refractivity contribution is -0.0536. The zero-order chi connectivity index (χ0) is 10.1. The maximum Gasteiger partial charge on any atom is 0.0692 e. The molecule has 0 amide bonds. The molecular formula is C10H20O2S. The van der Waals surface area contributed by atoms with E-state index >= 15 is 0 Å². The maximum absolute atomic E-state index is 11.7. The van der Waals surface area contributed by atoms with Gasteiger partial charge in [-0.2, -0.15) is 0 Å². The van der Waals surface area contributed by atoms with Gasteiger partial charge in [-0.1, -0.05) is 0 Å². The fourth-order valence-electron chi connectivity index (χ4n) is 1.67. The van der Waals surface area contributed by atoms with Crippen molar-refractivity contribution < 1.29 is 8.95 Å². The summed E-state index contributed by atoms with van der Waals surface area (Å²) in [6.07, 6.45) is 2.17. The molecule has 3 heteroatoms. The molecule has 0 aliphatic carbocycles. The second-order valence-electron chi connectivity index (χ2n) is 4.83. The highest BCUT2D eigenvalue weighted by Crippen LogP contribution is 2.20. The van der Waals surface area contributed by atoms with Gasteiger partial charge in [-0.3, -0.25) is 4.21 Å². The summed E-state index contributed by atoms with van der Waals surface area (Å²) in [6.45, 7) is 6.10. The van der Waals surface area contributed by atoms with Crippen molar-refractivity contribution in [3.05, 3.63) is 0 Å². The van der Waals surface area contributed by atoms with Gasteiger partial charge in [-0.05, 0) is 49.0 Å². The number of hydrogen-bond donors (Lipinski definition) is 0. The second kappa shape index (κ2) is 3.62. The van der Waals surface area contributed by atoms with E-state index in [1.807, 2.05) is 20.8 Å². The van der Waals surface area contributed by atoms with Gasteiger partial charge in [0.25, 0.3) is 0 Å². The molecular weight excluding hydrogens is 184 g/mol. The molecule has 0 radical (unpaired) electrons. The number of ether oxygens (including phenoxy) is 1. The molecule has 78 valence electrons. The van der Waals surface area contributed by atoms with Crippen molar-refractivity contribution in [1.29, 1.82) is 0 Å². The largest absolute Gasteiger partial charge is 0.372 e. The van der Waals surface area contributed by atoms with Crippen molar-refractivity contribution in [2.75, 3.05) is 11.5 Å². The Kier molecular flexibility index (Phi) is 3.08. The van der Waals surface area contributed by atoms with Crippen LogP contribution in [0.25, 0.3) is 0 Å². The molecule has 2 atom stereocenters. The van der Waals surface area contributed by atoms with Gasteiger partial charge in [0, 0.05) is 11.5 Å². The highest BCUT2D eigenvalue weighted by atomic mass is 32.2. The van der Waals surface area contributed by atoms with E-state index in [0.717, 1.165) is 18.6 Å². The summed E-state index contributed by atoms with van der Waals surface area (Å²) in [5, 5.41) is 0. The Morgan fingerprint density at radius 1 is 1.46 bits per heavy atom. The van der Waals surface area contributed by atoms with E-state index in [2.05, 4.69) is 5.87 Å². The third-order valence-corrected chi connectivity index (χ3v) is 4.06. The van der Waals surface area contributed by atoms with Crippen LogP contribution in [0.15, 0.2) is 0 Å². The average Bonchev–Trinajstić information content (AvgIpc) is 1.79. The Balaban J connectivity index is 2.54. The smallest absolute Gasteiger partial charge is 0.0692 e. The average molecular weight is 204 g/mol. The molecule has 1 fully saturated rings. The molecule has 1 aliphatic heterocycles. The minimum atomic E-state index is -1.83. The van der Waals surface area contributed by atoms with Crippen molar-refractivity contribution in [1.82, 2.24) is 0 Å². The molecule has 2 unspecified atom stereocenters. The third-order valence-electron chi connectivity index (χ3n) is 2.05. The van der Waals surface area contributed by atoms with Crippen molar-refractivity contribution in [2.24, 2.45) is 0 Å². The van der Waals surface area contributed by atoms with Gasteiger partial charge in [-0.25, -0.2) is 0 Å². The van der Waals surface area contributed by atoms with E-state index in [0.29, 0.717) is 5.75 Å². The fraction of sp³-hybridized carbons (Fsp3) is 0.900. The summed E-state index contributed by atoms with van der Waals surface area (Å²) in [5.74, 6) is 5.18. The molecule has 1 heterocycles. The molecule has 2 nitrogen and oxygen atoms in total. The molecule has 0 aromatic heterocycles. The Hall–Kier alpha value is -0.0200. The van der Waals surface area contributed by atoms with Crippen molar-refractivity contribution in [3.63, 3.8) is 0 Å². The van der Waals surface area contributed by atoms with Crippen molar-refractivity contribution in [3.8, 4) is 0 Å². The molecule has 1 aliphatic rings. The van der Waals surface area contributed by atoms with E-state index in [9.17, 15) is 4.21 Å². The zero-order valence-electron chi connectivity index (χ0n) is 8.84. The van der Waals surface area contributed by atoms with Gasteiger partial charge in [0.15, 0.2) is 0 Å². The van der Waals surface area contributed by atoms with Gasteiger partial charge in [0.1, 0.15) is 0 Å². The van der Waals surface area contributed by atoms with Crippen LogP contribution in [0, 0.1) is 0 Å². The first-order valence-corrected chi connectivity index (χ1v) is 6.85. The molecule has 0 aromatic rings. The quantitative estimate of drug-likeness (QED) is 0.607. The van der Waals surface area contributed by atoms with Gasteiger partial charge < -0.3 is 4.74 Å². The predicted octanol–water partition coefficient (Wildman–Crippen LogP) is 1.68. The topological polar surface area (TPSA) is 26.3 Å². The molecule has 13 heavy (non-hydrogen) atoms. The summed E-state index contributed by atoms with van der Waals surface area (Å²) >= 11 is 0. The molecule has 1 saturated heterocycles. The molecule has 0 spiro atoms. The van der Waals surface area contributed by atoms with Gasteiger partial charge in [0.2, 0.25) is 0 Å². The summed E-state index contributed by atoms with van der Waals surface area (Å²) in [7, 11) is -1.83. The number of rotatable bonds is 1. The summed E-state index contributed by atoms with van der Waals surface area (Å²) in [4.78, 5) is 0. The molecule has 1 rings (SSSR count). The van der Waals surface area contributed by atoms with Gasteiger partial charge >= 0.3 is 0 Å². The first-order chi connectivity index (χ1) is 5.79. The number of hydrogen-bond acceptors (Lipinski definition) is 2. The SMILES string of the molecule is C=S1(=O)CCCC(OC(C)(C)C)C1. The highest BCUT2D eigenvalue weighted by molar-refractivity contribution is 8.00. The van der Waals surface area contributed by atoms with E-state index < -0.39 is 9.52 Å². The minimum Gasteiger partial charge on any atom is -0.372 e. The van der Waals surface area contributed by atoms with E-state index in [4.69, 9.17) is 4.74 Å². The fourth-order valence-corrected chi connectivity index (χ4v) is 3.44. The van der Waals surface area contributed by atoms with Crippen LogP contribution in [-0.4, -0.2) is 33.3 Å². The Morgan fingerprint density at radius 2 is 2.08 bits per heavy atom. The normalized spacial score (nSPS) is 36.1. The van der Waals surface area contributed by atoms with Crippen molar-refractivity contribution in [2.45, 2.75) is 45.3 Å². The van der Waals surface area contributed by atoms with E-state index in [1.54, 1.807) is 0 Å². The van der Waals surface area contributed by atoms with Crippen LogP contribution in [0.2, 0.25) is 0 Å². The zero-order valence-corrected chi connectivity index (χ0v) is 9.65. The van der Waals surface area contributed by atoms with Crippen LogP contribution in [0.3, 0.4) is 0 Å². The monoisotopic (exact) mass is 204 g/mol. The molecule has 0 aromatic carbocycles. The van der Waals surface area contributed by atoms with Crippen molar-refractivity contribution >= 4 is 15.4 Å². The summed E-state index contributed by atoms with van der Waals surface area (Å²) in [5.41, 5.74) is -0.127. The van der Waals surface area contributed by atoms with E-state index in [1.165, 1.54) is 0 Å². The Bertz CT molecular complexity index is 259. The van der Waals surface area contributed by atoms with Crippen LogP contribution in [-0.2, 0) is 14.3 Å². The standard InChI is InChI=1S/C10H20O2S/c1-10(2,3)12-9-6-5-7-13(4,11)8-9/h9H,4-8H2,1-3H3. The maximum atomic E-state index is 11.7. The van der Waals surface area contributed by atoms with Crippen LogP contribution in [0.1, 0.15) is 33.6 Å². The van der Waals surface area contributed by atoms with Gasteiger partial charge in [-0.15, -0.1) is 0 Å². The molecule has 0 bridgehead atoms. The first kappa shape index (κ1) is 11.1. The first-order valence-electron chi connectivity index (χ1n) is 4.79. The molecule has 0 saturated carbocycles. The Morgan fingerprint density at radius 3 is 2.54 bits per heavy atom. The van der Waals surface area contributed by atoms with Crippen LogP contribution < -0.4 is 0 Å². The Labute approximate surface area is 81.7 Å². The highest BCUT2D eigenvalue weighted by Gasteiger charge is 2.25. The van der Waals surface area contributed by atoms with Crippen LogP contribution in [0.5, 0.6) is 0 Å².